The molecule has 0 amide bonds. The van der Waals surface area contributed by atoms with Crippen molar-refractivity contribution in [1.29, 1.82) is 0 Å². The number of hydrogen-bond donors (Lipinski definition) is 1. The Morgan fingerprint density at radius 2 is 2.32 bits per heavy atom. The maximum absolute atomic E-state index is 11.5. The molecule has 2 aliphatic rings. The first kappa shape index (κ1) is 12.6. The molecule has 0 aromatic carbocycles. The van der Waals surface area contributed by atoms with Gasteiger partial charge in [0, 0.05) is 5.92 Å². The van der Waals surface area contributed by atoms with Gasteiger partial charge in [-0.25, -0.2) is 0 Å². The highest BCUT2D eigenvalue weighted by molar-refractivity contribution is 5.78. The topological polar surface area (TPSA) is 79.5 Å². The highest BCUT2D eigenvalue weighted by atomic mass is 16.5. The molecule has 1 aromatic rings. The monoisotopic (exact) mass is 265 g/mol. The number of carbonyl (C=O) groups is 1. The van der Waals surface area contributed by atoms with E-state index in [0.29, 0.717) is 24.8 Å². The number of rotatable bonds is 4. The minimum atomic E-state index is -0.813. The Kier molecular flexibility index (Phi) is 3.05. The van der Waals surface area contributed by atoms with Crippen LogP contribution in [0.5, 0.6) is 0 Å². The second-order valence-corrected chi connectivity index (χ2v) is 5.78. The molecule has 1 aliphatic heterocycles. The molecule has 1 aliphatic carbocycles. The summed E-state index contributed by atoms with van der Waals surface area (Å²) in [5.41, 5.74) is -0.813. The lowest BCUT2D eigenvalue weighted by Crippen LogP contribution is -2.54. The fourth-order valence-corrected chi connectivity index (χ4v) is 2.68. The van der Waals surface area contributed by atoms with Crippen LogP contribution in [-0.2, 0) is 11.3 Å². The maximum atomic E-state index is 11.5. The SMILES string of the molecule is CC1(C(=O)O)CCCCN1Cc1nc(C2CC2)no1. The summed E-state index contributed by atoms with van der Waals surface area (Å²) in [6, 6.07) is 0. The van der Waals surface area contributed by atoms with Gasteiger partial charge in [-0.3, -0.25) is 9.69 Å². The lowest BCUT2D eigenvalue weighted by Gasteiger charge is -2.40. The van der Waals surface area contributed by atoms with Gasteiger partial charge in [0.2, 0.25) is 5.89 Å². The first-order valence-corrected chi connectivity index (χ1v) is 6.90. The van der Waals surface area contributed by atoms with Gasteiger partial charge in [0.05, 0.1) is 6.54 Å². The van der Waals surface area contributed by atoms with E-state index >= 15 is 0 Å². The van der Waals surface area contributed by atoms with Crippen molar-refractivity contribution in [3.05, 3.63) is 11.7 Å². The van der Waals surface area contributed by atoms with Crippen molar-refractivity contribution in [2.75, 3.05) is 6.54 Å². The molecule has 1 saturated heterocycles. The van der Waals surface area contributed by atoms with Crippen LogP contribution >= 0.6 is 0 Å². The van der Waals surface area contributed by atoms with Crippen LogP contribution in [0.4, 0.5) is 0 Å². The van der Waals surface area contributed by atoms with Crippen LogP contribution in [-0.4, -0.2) is 38.2 Å². The molecule has 19 heavy (non-hydrogen) atoms. The summed E-state index contributed by atoms with van der Waals surface area (Å²) in [7, 11) is 0. The van der Waals surface area contributed by atoms with Gasteiger partial charge < -0.3 is 9.63 Å². The van der Waals surface area contributed by atoms with Crippen molar-refractivity contribution in [2.45, 2.75) is 57.0 Å². The predicted molar refractivity (Wildman–Crippen MR) is 66.6 cm³/mol. The molecule has 1 saturated carbocycles. The molecule has 3 rings (SSSR count). The Bertz CT molecular complexity index is 483. The Labute approximate surface area is 111 Å². The quantitative estimate of drug-likeness (QED) is 0.893. The van der Waals surface area contributed by atoms with E-state index < -0.39 is 11.5 Å². The van der Waals surface area contributed by atoms with Gasteiger partial charge in [-0.2, -0.15) is 4.98 Å². The number of hydrogen-bond acceptors (Lipinski definition) is 5. The summed E-state index contributed by atoms with van der Waals surface area (Å²) in [5.74, 6) is 1.01. The molecule has 0 spiro atoms. The zero-order valence-corrected chi connectivity index (χ0v) is 11.1. The Morgan fingerprint density at radius 3 is 3.00 bits per heavy atom. The maximum Gasteiger partial charge on any atom is 0.323 e. The minimum Gasteiger partial charge on any atom is -0.480 e. The molecule has 6 heteroatoms. The highest BCUT2D eigenvalue weighted by Gasteiger charge is 2.42. The van der Waals surface area contributed by atoms with Crippen LogP contribution < -0.4 is 0 Å². The first-order chi connectivity index (χ1) is 9.09. The van der Waals surface area contributed by atoms with Crippen molar-refractivity contribution in [1.82, 2.24) is 15.0 Å². The molecular formula is C13H19N3O3. The minimum absolute atomic E-state index is 0.433. The van der Waals surface area contributed by atoms with E-state index in [0.717, 1.165) is 38.1 Å². The summed E-state index contributed by atoms with van der Waals surface area (Å²) in [4.78, 5) is 17.8. The number of carboxylic acid groups (broad SMARTS) is 1. The number of nitrogens with zero attached hydrogens (tertiary/aromatic N) is 3. The second kappa shape index (κ2) is 4.59. The molecule has 2 fully saturated rings. The fourth-order valence-electron chi connectivity index (χ4n) is 2.68. The van der Waals surface area contributed by atoms with Gasteiger partial charge in [-0.1, -0.05) is 5.16 Å². The van der Waals surface area contributed by atoms with Crippen molar-refractivity contribution in [3.8, 4) is 0 Å². The van der Waals surface area contributed by atoms with Crippen molar-refractivity contribution < 1.29 is 14.4 Å². The number of aromatic nitrogens is 2. The van der Waals surface area contributed by atoms with E-state index in [2.05, 4.69) is 10.1 Å². The number of piperidine rings is 1. The third-order valence-electron chi connectivity index (χ3n) is 4.25. The molecule has 6 nitrogen and oxygen atoms in total. The predicted octanol–water partition coefficient (Wildman–Crippen LogP) is 1.78. The zero-order chi connectivity index (χ0) is 13.5. The summed E-state index contributed by atoms with van der Waals surface area (Å²) in [6.07, 6.45) is 4.92. The van der Waals surface area contributed by atoms with E-state index in [-0.39, 0.29) is 0 Å². The summed E-state index contributed by atoms with van der Waals surface area (Å²) < 4.78 is 5.25. The molecular weight excluding hydrogens is 246 g/mol. The van der Waals surface area contributed by atoms with Crippen molar-refractivity contribution in [3.63, 3.8) is 0 Å². The first-order valence-electron chi connectivity index (χ1n) is 6.90. The normalized spacial score (nSPS) is 28.5. The zero-order valence-electron chi connectivity index (χ0n) is 11.1. The van der Waals surface area contributed by atoms with E-state index in [9.17, 15) is 9.90 Å². The molecule has 1 N–H and O–H groups in total. The van der Waals surface area contributed by atoms with Crippen LogP contribution in [0.25, 0.3) is 0 Å². The Hall–Kier alpha value is -1.43. The third-order valence-corrected chi connectivity index (χ3v) is 4.25. The summed E-state index contributed by atoms with van der Waals surface area (Å²) in [6.45, 7) is 2.99. The lowest BCUT2D eigenvalue weighted by molar-refractivity contribution is -0.153. The smallest absolute Gasteiger partial charge is 0.323 e. The van der Waals surface area contributed by atoms with E-state index in [1.807, 2.05) is 4.90 Å². The van der Waals surface area contributed by atoms with E-state index in [4.69, 9.17) is 4.52 Å². The van der Waals surface area contributed by atoms with Crippen LogP contribution in [0.1, 0.15) is 56.7 Å². The molecule has 0 radical (unpaired) electrons. The standard InChI is InChI=1S/C13H19N3O3/c1-13(12(17)18)6-2-3-7-16(13)8-10-14-11(15-19-10)9-4-5-9/h9H,2-8H2,1H3,(H,17,18). The van der Waals surface area contributed by atoms with Gasteiger partial charge in [-0.15, -0.1) is 0 Å². The van der Waals surface area contributed by atoms with Crippen LogP contribution in [0.15, 0.2) is 4.52 Å². The molecule has 1 aromatic heterocycles. The lowest BCUT2D eigenvalue weighted by atomic mass is 9.88. The largest absolute Gasteiger partial charge is 0.480 e. The molecule has 104 valence electrons. The number of carboxylic acids is 1. The van der Waals surface area contributed by atoms with Crippen molar-refractivity contribution in [2.24, 2.45) is 0 Å². The Balaban J connectivity index is 1.73. The summed E-state index contributed by atoms with van der Waals surface area (Å²) in [5, 5.41) is 13.4. The molecule has 2 heterocycles. The van der Waals surface area contributed by atoms with E-state index in [1.54, 1.807) is 6.92 Å². The van der Waals surface area contributed by atoms with Gasteiger partial charge in [-0.05, 0) is 45.6 Å². The number of likely N-dealkylation sites (tertiary alicyclic amines) is 1. The van der Waals surface area contributed by atoms with Gasteiger partial charge in [0.15, 0.2) is 5.82 Å². The van der Waals surface area contributed by atoms with Crippen LogP contribution in [0.3, 0.4) is 0 Å². The highest BCUT2D eigenvalue weighted by Crippen LogP contribution is 2.38. The van der Waals surface area contributed by atoms with Gasteiger partial charge in [0.1, 0.15) is 5.54 Å². The molecule has 0 bridgehead atoms. The number of aliphatic carboxylic acids is 1. The average Bonchev–Trinajstić information content (AvgIpc) is 3.13. The van der Waals surface area contributed by atoms with Crippen LogP contribution in [0, 0.1) is 0 Å². The van der Waals surface area contributed by atoms with Crippen molar-refractivity contribution >= 4 is 5.97 Å². The molecule has 1 unspecified atom stereocenters. The average molecular weight is 265 g/mol. The van der Waals surface area contributed by atoms with Gasteiger partial charge in [0.25, 0.3) is 0 Å². The fraction of sp³-hybridized carbons (Fsp3) is 0.769. The third kappa shape index (κ3) is 2.36. The Morgan fingerprint density at radius 1 is 1.53 bits per heavy atom. The second-order valence-electron chi connectivity index (χ2n) is 5.78. The van der Waals surface area contributed by atoms with E-state index in [1.165, 1.54) is 0 Å². The molecule has 1 atom stereocenters. The van der Waals surface area contributed by atoms with Gasteiger partial charge >= 0.3 is 5.97 Å². The van der Waals surface area contributed by atoms with Crippen LogP contribution in [0.2, 0.25) is 0 Å². The summed E-state index contributed by atoms with van der Waals surface area (Å²) >= 11 is 0.